The van der Waals surface area contributed by atoms with Crippen molar-refractivity contribution in [2.45, 2.75) is 38.1 Å². The van der Waals surface area contributed by atoms with Gasteiger partial charge in [0.2, 0.25) is 0 Å². The van der Waals surface area contributed by atoms with Crippen molar-refractivity contribution in [1.29, 1.82) is 0 Å². The molecule has 0 aliphatic carbocycles. The molecule has 0 radical (unpaired) electrons. The van der Waals surface area contributed by atoms with Gasteiger partial charge in [0, 0.05) is 33.9 Å². The first kappa shape index (κ1) is 25.4. The van der Waals surface area contributed by atoms with Gasteiger partial charge in [-0.1, -0.05) is 36.8 Å². The second-order valence-electron chi connectivity index (χ2n) is 8.14. The van der Waals surface area contributed by atoms with E-state index in [-0.39, 0.29) is 18.3 Å². The minimum Gasteiger partial charge on any atom is -0.755 e. The summed E-state index contributed by atoms with van der Waals surface area (Å²) in [5, 5.41) is 1.57. The van der Waals surface area contributed by atoms with Crippen molar-refractivity contribution in [3.63, 3.8) is 0 Å². The summed E-state index contributed by atoms with van der Waals surface area (Å²) in [5.74, 6) is -0.276. The summed E-state index contributed by atoms with van der Waals surface area (Å²) >= 11 is 2.49. The van der Waals surface area contributed by atoms with E-state index in [9.17, 15) is 21.9 Å². The number of alkyl halides is 3. The van der Waals surface area contributed by atoms with Gasteiger partial charge in [-0.25, -0.2) is 0 Å². The second-order valence-corrected chi connectivity index (χ2v) is 10.8. The van der Waals surface area contributed by atoms with Crippen LogP contribution in [-0.4, -0.2) is 45.7 Å². The smallest absolute Gasteiger partial charge is 0.573 e. The molecular formula is C23H23BrF3N2O3S2-. The number of halogens is 4. The third-order valence-corrected chi connectivity index (χ3v) is 8.90. The first-order chi connectivity index (χ1) is 16.2. The van der Waals surface area contributed by atoms with E-state index in [4.69, 9.17) is 0 Å². The van der Waals surface area contributed by atoms with Gasteiger partial charge in [0.25, 0.3) is 0 Å². The Bertz CT molecular complexity index is 1130. The summed E-state index contributed by atoms with van der Waals surface area (Å²) in [7, 11) is 0. The number of rotatable bonds is 8. The number of hydrogen-bond donors (Lipinski definition) is 0. The molecule has 2 atom stereocenters. The lowest BCUT2D eigenvalue weighted by Gasteiger charge is -2.38. The zero-order chi connectivity index (χ0) is 24.3. The van der Waals surface area contributed by atoms with Crippen LogP contribution in [-0.2, 0) is 17.7 Å². The number of benzene rings is 2. The molecule has 1 aliphatic rings. The lowest BCUT2D eigenvalue weighted by Crippen LogP contribution is -2.47. The molecule has 2 aromatic carbocycles. The molecule has 0 spiro atoms. The van der Waals surface area contributed by atoms with Crippen molar-refractivity contribution in [1.82, 2.24) is 4.90 Å². The molecule has 4 rings (SSSR count). The Kier molecular flexibility index (Phi) is 8.19. The standard InChI is InChI=1S/C23H24BrF3N2O3S2/c24-21-19-6-2-3-7-20(19)33-22(21)29(34(30)31)15-17(28-12-4-1-5-13-28)14-16-8-10-18(11-9-16)32-23(25,26)27/h2-3,6-11,17H,1,4-5,12-15H2,(H,30,31)/p-1. The molecule has 1 fully saturated rings. The average molecular weight is 576 g/mol. The molecule has 0 amide bonds. The SMILES string of the molecule is O=S([O-])N(CC(Cc1ccc(OC(F)(F)F)cc1)N1CCCCC1)c1sc2ccccc2c1Br. The zero-order valence-corrected chi connectivity index (χ0v) is 21.3. The number of hydrogen-bond acceptors (Lipinski definition) is 5. The van der Waals surface area contributed by atoms with Crippen molar-refractivity contribution >= 4 is 53.6 Å². The van der Waals surface area contributed by atoms with Crippen molar-refractivity contribution in [3.05, 3.63) is 58.6 Å². The van der Waals surface area contributed by atoms with Gasteiger partial charge in [-0.3, -0.25) is 13.4 Å². The van der Waals surface area contributed by atoms with E-state index in [1.165, 1.54) is 27.8 Å². The van der Waals surface area contributed by atoms with E-state index in [0.29, 0.717) is 11.4 Å². The zero-order valence-electron chi connectivity index (χ0n) is 18.1. The van der Waals surface area contributed by atoms with E-state index in [1.54, 1.807) is 12.1 Å². The van der Waals surface area contributed by atoms with Crippen LogP contribution in [0.1, 0.15) is 24.8 Å². The average Bonchev–Trinajstić information content (AvgIpc) is 3.13. The quantitative estimate of drug-likeness (QED) is 0.297. The van der Waals surface area contributed by atoms with E-state index < -0.39 is 17.6 Å². The van der Waals surface area contributed by atoms with Gasteiger partial charge in [-0.15, -0.1) is 24.5 Å². The minimum absolute atomic E-state index is 0.135. The summed E-state index contributed by atoms with van der Waals surface area (Å²) in [6.45, 7) is 1.95. The molecule has 11 heteroatoms. The van der Waals surface area contributed by atoms with Crippen molar-refractivity contribution in [2.75, 3.05) is 23.9 Å². The van der Waals surface area contributed by atoms with Gasteiger partial charge in [0.05, 0.1) is 4.47 Å². The van der Waals surface area contributed by atoms with E-state index in [0.717, 1.165) is 52.5 Å². The fraction of sp³-hybridized carbons (Fsp3) is 0.391. The minimum atomic E-state index is -4.74. The Morgan fingerprint density at radius 3 is 2.41 bits per heavy atom. The van der Waals surface area contributed by atoms with E-state index in [1.807, 2.05) is 24.3 Å². The third kappa shape index (κ3) is 6.31. The normalized spacial score (nSPS) is 17.0. The van der Waals surface area contributed by atoms with Crippen LogP contribution in [0.25, 0.3) is 10.1 Å². The highest BCUT2D eigenvalue weighted by molar-refractivity contribution is 9.10. The first-order valence-electron chi connectivity index (χ1n) is 10.8. The first-order valence-corrected chi connectivity index (χ1v) is 13.5. The molecule has 2 heterocycles. The number of piperidine rings is 1. The Morgan fingerprint density at radius 1 is 1.12 bits per heavy atom. The highest BCUT2D eigenvalue weighted by Gasteiger charge is 2.31. The second kappa shape index (κ2) is 10.9. The molecule has 0 saturated carbocycles. The van der Waals surface area contributed by atoms with Crippen molar-refractivity contribution < 1.29 is 26.7 Å². The van der Waals surface area contributed by atoms with Crippen molar-refractivity contribution in [2.24, 2.45) is 0 Å². The number of likely N-dealkylation sites (tertiary alicyclic amines) is 1. The van der Waals surface area contributed by atoms with Crippen LogP contribution in [0.2, 0.25) is 0 Å². The van der Waals surface area contributed by atoms with Gasteiger partial charge in [-0.2, -0.15) is 0 Å². The summed E-state index contributed by atoms with van der Waals surface area (Å²) in [5.41, 5.74) is 0.817. The maximum Gasteiger partial charge on any atom is 0.573 e. The van der Waals surface area contributed by atoms with Crippen molar-refractivity contribution in [3.8, 4) is 5.75 Å². The molecular weight excluding hydrogens is 553 g/mol. The summed E-state index contributed by atoms with van der Waals surface area (Å²) in [6, 6.07) is 13.4. The van der Waals surface area contributed by atoms with Gasteiger partial charge in [-0.05, 0) is 72.0 Å². The van der Waals surface area contributed by atoms with Gasteiger partial charge in [0.1, 0.15) is 10.8 Å². The maximum absolute atomic E-state index is 12.5. The molecule has 3 aromatic rings. The van der Waals surface area contributed by atoms with Gasteiger partial charge in [0.15, 0.2) is 0 Å². The Balaban J connectivity index is 1.59. The highest BCUT2D eigenvalue weighted by Crippen LogP contribution is 2.42. The molecule has 0 bridgehead atoms. The predicted molar refractivity (Wildman–Crippen MR) is 132 cm³/mol. The monoisotopic (exact) mass is 575 g/mol. The van der Waals surface area contributed by atoms with Crippen LogP contribution in [0.4, 0.5) is 18.2 Å². The summed E-state index contributed by atoms with van der Waals surface area (Å²) in [6.07, 6.45) is -1.05. The largest absolute Gasteiger partial charge is 0.755 e. The van der Waals surface area contributed by atoms with Crippen LogP contribution >= 0.6 is 27.3 Å². The van der Waals surface area contributed by atoms with Crippen LogP contribution < -0.4 is 9.04 Å². The summed E-state index contributed by atoms with van der Waals surface area (Å²) in [4.78, 5) is 2.28. The number of nitrogens with zero attached hydrogens (tertiary/aromatic N) is 2. The molecule has 2 unspecified atom stereocenters. The fourth-order valence-electron chi connectivity index (χ4n) is 4.26. The maximum atomic E-state index is 12.5. The summed E-state index contributed by atoms with van der Waals surface area (Å²) < 4.78 is 69.2. The van der Waals surface area contributed by atoms with Crippen LogP contribution in [0.3, 0.4) is 0 Å². The molecule has 1 aromatic heterocycles. The number of ether oxygens (including phenoxy) is 1. The van der Waals surface area contributed by atoms with Gasteiger partial charge < -0.3 is 9.29 Å². The van der Waals surface area contributed by atoms with Crippen LogP contribution in [0.5, 0.6) is 5.75 Å². The Hall–Kier alpha value is -1.66. The lowest BCUT2D eigenvalue weighted by molar-refractivity contribution is -0.274. The predicted octanol–water partition coefficient (Wildman–Crippen LogP) is 6.26. The van der Waals surface area contributed by atoms with Gasteiger partial charge >= 0.3 is 6.36 Å². The van der Waals surface area contributed by atoms with E-state index >= 15 is 0 Å². The van der Waals surface area contributed by atoms with E-state index in [2.05, 4.69) is 25.6 Å². The Labute approximate surface area is 211 Å². The molecule has 34 heavy (non-hydrogen) atoms. The number of anilines is 1. The fourth-order valence-corrected chi connectivity index (χ4v) is 7.13. The molecule has 1 aliphatic heterocycles. The number of fused-ring (bicyclic) bond motifs is 1. The third-order valence-electron chi connectivity index (χ3n) is 5.84. The number of thiophene rings is 1. The van der Waals surface area contributed by atoms with Crippen LogP contribution in [0, 0.1) is 0 Å². The van der Waals surface area contributed by atoms with Crippen LogP contribution in [0.15, 0.2) is 53.0 Å². The molecule has 1 saturated heterocycles. The molecule has 0 N–H and O–H groups in total. The molecule has 5 nitrogen and oxygen atoms in total. The highest BCUT2D eigenvalue weighted by atomic mass is 79.9. The lowest BCUT2D eigenvalue weighted by atomic mass is 10.0. The Morgan fingerprint density at radius 2 is 1.79 bits per heavy atom. The topological polar surface area (TPSA) is 55.8 Å². The molecule has 184 valence electrons.